The van der Waals surface area contributed by atoms with Gasteiger partial charge in [0.15, 0.2) is 12.2 Å². The normalized spacial score (nSPS) is 15.2. The third-order valence-electron chi connectivity index (χ3n) is 12.5. The molecule has 0 saturated heterocycles. The second-order valence-electron chi connectivity index (χ2n) is 18.9. The van der Waals surface area contributed by atoms with Gasteiger partial charge in [0.1, 0.15) is 42.7 Å². The molecule has 22 nitrogen and oxygen atoms in total. The molecule has 1 unspecified atom stereocenters. The zero-order chi connectivity index (χ0) is 54.8. The second-order valence-corrected chi connectivity index (χ2v) is 18.9. The molecular weight excluding hydrogens is 957 g/mol. The molecule has 0 radical (unpaired) electrons. The first kappa shape index (κ1) is 69.4. The van der Waals surface area contributed by atoms with Crippen LogP contribution in [0.1, 0.15) is 181 Å². The average molecular weight is 1050 g/mol. The van der Waals surface area contributed by atoms with Crippen molar-refractivity contribution >= 4 is 35.6 Å². The Bertz CT molecular complexity index is 1420. The van der Waals surface area contributed by atoms with E-state index in [0.717, 1.165) is 44.9 Å². The van der Waals surface area contributed by atoms with Crippen molar-refractivity contribution in [2.75, 3.05) is 52.6 Å². The molecule has 4 amide bonds. The fourth-order valence-electron chi connectivity index (χ4n) is 7.76. The zero-order valence-electron chi connectivity index (χ0n) is 43.9. The molecule has 0 aliphatic carbocycles. The highest BCUT2D eigenvalue weighted by Gasteiger charge is 2.35. The van der Waals surface area contributed by atoms with Crippen molar-refractivity contribution in [3.8, 4) is 0 Å². The number of aliphatic hydroxyl groups is 10. The molecule has 9 atom stereocenters. The Morgan fingerprint density at radius 1 is 0.466 bits per heavy atom. The lowest BCUT2D eigenvalue weighted by Gasteiger charge is -2.26. The first-order chi connectivity index (χ1) is 35.0. The lowest BCUT2D eigenvalue weighted by Crippen LogP contribution is -2.52. The summed E-state index contributed by atoms with van der Waals surface area (Å²) in [4.78, 5) is 79.1. The number of nitrogens with one attached hydrogen (secondary N) is 3. The van der Waals surface area contributed by atoms with Crippen molar-refractivity contribution in [1.82, 2.24) is 20.9 Å². The summed E-state index contributed by atoms with van der Waals surface area (Å²) < 4.78 is 11.0. The molecule has 0 rings (SSSR count). The number of hydrogen-bond acceptors (Lipinski definition) is 18. The third kappa shape index (κ3) is 33.9. The van der Waals surface area contributed by atoms with Gasteiger partial charge in [-0.3, -0.25) is 24.0 Å². The third-order valence-corrected chi connectivity index (χ3v) is 12.5. The average Bonchev–Trinajstić information content (AvgIpc) is 3.39. The maximum Gasteiger partial charge on any atom is 0.328 e. The van der Waals surface area contributed by atoms with Crippen molar-refractivity contribution in [2.45, 2.75) is 236 Å². The minimum absolute atomic E-state index is 0.0406. The summed E-state index contributed by atoms with van der Waals surface area (Å²) in [7, 11) is 0. The van der Waals surface area contributed by atoms with Gasteiger partial charge in [-0.05, 0) is 32.1 Å². The molecule has 0 bridgehead atoms. The number of carbonyl (C=O) groups is 6. The molecule has 22 heteroatoms. The van der Waals surface area contributed by atoms with Gasteiger partial charge in [0.25, 0.3) is 11.8 Å². The van der Waals surface area contributed by atoms with E-state index in [1.807, 2.05) is 0 Å². The molecule has 0 spiro atoms. The van der Waals surface area contributed by atoms with E-state index in [2.05, 4.69) is 29.8 Å². The lowest BCUT2D eigenvalue weighted by atomic mass is 10.0. The maximum absolute atomic E-state index is 13.6. The van der Waals surface area contributed by atoms with E-state index >= 15 is 0 Å². The van der Waals surface area contributed by atoms with Crippen LogP contribution >= 0.6 is 0 Å². The molecule has 0 aliphatic heterocycles. The second kappa shape index (κ2) is 44.7. The maximum atomic E-state index is 13.6. The number of nitrogens with zero attached hydrogens (tertiary/aromatic N) is 1. The van der Waals surface area contributed by atoms with Gasteiger partial charge in [-0.1, -0.05) is 129 Å². The van der Waals surface area contributed by atoms with Crippen LogP contribution in [-0.2, 0) is 38.2 Å². The van der Waals surface area contributed by atoms with Gasteiger partial charge in [-0.2, -0.15) is 0 Å². The van der Waals surface area contributed by atoms with E-state index in [-0.39, 0.29) is 71.5 Å². The molecule has 0 aromatic heterocycles. The van der Waals surface area contributed by atoms with E-state index < -0.39 is 110 Å². The summed E-state index contributed by atoms with van der Waals surface area (Å²) in [6.07, 6.45) is 4.63. The first-order valence-corrected chi connectivity index (χ1v) is 27.1. The number of unbranched alkanes of at least 4 members (excludes halogenated alkanes) is 18. The minimum atomic E-state index is -2.20. The standard InChI is InChI=1S/C51H96N4O18/c1-3-5-7-9-11-13-15-17-19-21-33-72-42(62)28-25-37(51(71)73-34-22-20-18-16-14-12-10-8-6-4-2)54-40(60)26-27-41(61)55(31-23-29-52-49(69)47(67)45(65)43(63)38(58)35-56)32-24-30-53-50(70)48(68)46(66)44(64)39(59)36-57/h37-39,43-48,56-59,63-68H,3-36H2,1-2H3,(H,52,69)(H,53,70)(H,54,60)/t37?,38-,39-,43-,44-,45+,46+,47-,48-/m1/s1. The molecule has 0 heterocycles. The van der Waals surface area contributed by atoms with Gasteiger partial charge in [-0.15, -0.1) is 0 Å². The Kier molecular flexibility index (Phi) is 42.5. The largest absolute Gasteiger partial charge is 0.466 e. The topological polar surface area (TPSA) is 363 Å². The lowest BCUT2D eigenvalue weighted by molar-refractivity contribution is -0.150. The molecular formula is C51H96N4O18. The van der Waals surface area contributed by atoms with Crippen molar-refractivity contribution < 1.29 is 89.3 Å². The molecule has 428 valence electrons. The highest BCUT2D eigenvalue weighted by molar-refractivity contribution is 5.88. The number of carbonyl (C=O) groups excluding carboxylic acids is 6. The van der Waals surface area contributed by atoms with Gasteiger partial charge in [0, 0.05) is 45.4 Å². The molecule has 13 N–H and O–H groups in total. The summed E-state index contributed by atoms with van der Waals surface area (Å²) in [6.45, 7) is 2.33. The summed E-state index contributed by atoms with van der Waals surface area (Å²) in [5.74, 6) is -4.78. The number of rotatable bonds is 48. The molecule has 0 aromatic carbocycles. The van der Waals surface area contributed by atoms with E-state index in [9.17, 15) is 69.6 Å². The molecule has 0 aromatic rings. The Balaban J connectivity index is 5.61. The van der Waals surface area contributed by atoms with Crippen molar-refractivity contribution in [2.24, 2.45) is 0 Å². The van der Waals surface area contributed by atoms with Crippen molar-refractivity contribution in [3.05, 3.63) is 0 Å². The fourth-order valence-corrected chi connectivity index (χ4v) is 7.76. The minimum Gasteiger partial charge on any atom is -0.466 e. The number of esters is 2. The van der Waals surface area contributed by atoms with Crippen LogP contribution in [0.5, 0.6) is 0 Å². The predicted octanol–water partition coefficient (Wildman–Crippen LogP) is 0.673. The van der Waals surface area contributed by atoms with Crippen LogP contribution in [-0.4, -0.2) is 199 Å². The Morgan fingerprint density at radius 3 is 1.25 bits per heavy atom. The van der Waals surface area contributed by atoms with Gasteiger partial charge >= 0.3 is 11.9 Å². The Hall–Kier alpha value is -3.58. The van der Waals surface area contributed by atoms with E-state index in [1.54, 1.807) is 0 Å². The Labute approximate surface area is 433 Å². The fraction of sp³-hybridized carbons (Fsp3) is 0.882. The molecule has 0 aliphatic rings. The summed E-state index contributed by atoms with van der Waals surface area (Å²) in [5.41, 5.74) is 0. The number of amides is 4. The SMILES string of the molecule is CCCCCCCCCCCCOC(=O)CCC(NC(=O)CCC(=O)N(CCCNC(=O)[C@H](O)[C@@H](O)[C@H](O)[C@H](O)CO)CCCNC(=O)[C@H](O)[C@@H](O)[C@H](O)[C@H](O)CO)C(=O)OCCCCCCCCCCCC. The quantitative estimate of drug-likeness (QED) is 0.0294. The Morgan fingerprint density at radius 2 is 0.849 bits per heavy atom. The first-order valence-electron chi connectivity index (χ1n) is 27.1. The van der Waals surface area contributed by atoms with Gasteiger partial charge in [0.05, 0.1) is 26.4 Å². The van der Waals surface area contributed by atoms with Crippen LogP contribution in [0.4, 0.5) is 0 Å². The summed E-state index contributed by atoms with van der Waals surface area (Å²) >= 11 is 0. The van der Waals surface area contributed by atoms with Crippen LogP contribution in [0.3, 0.4) is 0 Å². The number of aliphatic hydroxyl groups excluding tert-OH is 10. The van der Waals surface area contributed by atoms with Crippen LogP contribution in [0.15, 0.2) is 0 Å². The van der Waals surface area contributed by atoms with Crippen molar-refractivity contribution in [1.29, 1.82) is 0 Å². The summed E-state index contributed by atoms with van der Waals surface area (Å²) in [5, 5.41) is 104. The highest BCUT2D eigenvalue weighted by atomic mass is 16.5. The van der Waals surface area contributed by atoms with Crippen LogP contribution in [0, 0.1) is 0 Å². The van der Waals surface area contributed by atoms with Gasteiger partial charge in [0.2, 0.25) is 11.8 Å². The molecule has 73 heavy (non-hydrogen) atoms. The van der Waals surface area contributed by atoms with Crippen LogP contribution < -0.4 is 16.0 Å². The monoisotopic (exact) mass is 1050 g/mol. The summed E-state index contributed by atoms with van der Waals surface area (Å²) in [6, 6.07) is -1.21. The molecule has 0 saturated carbocycles. The number of hydrogen-bond donors (Lipinski definition) is 13. The van der Waals surface area contributed by atoms with E-state index in [4.69, 9.17) is 19.7 Å². The number of ether oxygens (including phenoxy) is 2. The zero-order valence-corrected chi connectivity index (χ0v) is 43.9. The smallest absolute Gasteiger partial charge is 0.328 e. The highest BCUT2D eigenvalue weighted by Crippen LogP contribution is 2.14. The van der Waals surface area contributed by atoms with Crippen molar-refractivity contribution in [3.63, 3.8) is 0 Å². The van der Waals surface area contributed by atoms with Crippen LogP contribution in [0.2, 0.25) is 0 Å². The van der Waals surface area contributed by atoms with Gasteiger partial charge < -0.3 is 81.4 Å². The van der Waals surface area contributed by atoms with Crippen LogP contribution in [0.25, 0.3) is 0 Å². The molecule has 0 fully saturated rings. The predicted molar refractivity (Wildman–Crippen MR) is 270 cm³/mol. The van der Waals surface area contributed by atoms with E-state index in [0.29, 0.717) is 12.8 Å². The van der Waals surface area contributed by atoms with E-state index in [1.165, 1.54) is 75.5 Å². The van der Waals surface area contributed by atoms with Gasteiger partial charge in [-0.25, -0.2) is 4.79 Å².